The zero-order valence-electron chi connectivity index (χ0n) is 9.16. The van der Waals surface area contributed by atoms with Gasteiger partial charge in [-0.05, 0) is 19.9 Å². The van der Waals surface area contributed by atoms with Crippen LogP contribution in [-0.4, -0.2) is 47.5 Å². The van der Waals surface area contributed by atoms with Gasteiger partial charge in [0, 0.05) is 20.0 Å². The molecule has 0 atom stereocenters. The number of amidine groups is 1. The van der Waals surface area contributed by atoms with Crippen LogP contribution in [0.1, 0.15) is 19.8 Å². The average molecular weight is 214 g/mol. The van der Waals surface area contributed by atoms with Crippen molar-refractivity contribution in [3.63, 3.8) is 0 Å². The molecule has 0 unspecified atom stereocenters. The fraction of sp³-hybridized carbons (Fsp3) is 0.778. The minimum absolute atomic E-state index is 0.0887. The first kappa shape index (κ1) is 11.8. The van der Waals surface area contributed by atoms with Crippen molar-refractivity contribution >= 4 is 11.7 Å². The molecule has 0 aromatic rings. The molecule has 0 saturated carbocycles. The molecule has 1 heterocycles. The van der Waals surface area contributed by atoms with Crippen molar-refractivity contribution in [2.45, 2.75) is 25.3 Å². The molecule has 0 bridgehead atoms. The number of rotatable bonds is 2. The first-order valence-electron chi connectivity index (χ1n) is 4.95. The second-order valence-electron chi connectivity index (χ2n) is 4.05. The summed E-state index contributed by atoms with van der Waals surface area (Å²) in [5, 5.41) is 14.5. The quantitative estimate of drug-likeness (QED) is 0.246. The molecule has 4 N–H and O–H groups in total. The highest BCUT2D eigenvalue weighted by Gasteiger charge is 2.38. The van der Waals surface area contributed by atoms with Gasteiger partial charge in [0.1, 0.15) is 5.54 Å². The Balaban J connectivity index is 2.82. The maximum Gasteiger partial charge on any atom is 0.217 e. The van der Waals surface area contributed by atoms with Gasteiger partial charge in [0.05, 0.1) is 0 Å². The van der Waals surface area contributed by atoms with Gasteiger partial charge in [-0.15, -0.1) is 0 Å². The van der Waals surface area contributed by atoms with E-state index in [1.165, 1.54) is 6.92 Å². The summed E-state index contributed by atoms with van der Waals surface area (Å²) in [6, 6.07) is 0. The fourth-order valence-electron chi connectivity index (χ4n) is 1.88. The maximum atomic E-state index is 11.1. The molecule has 6 nitrogen and oxygen atoms in total. The molecule has 1 aliphatic heterocycles. The number of nitrogens with one attached hydrogen (secondary N) is 1. The summed E-state index contributed by atoms with van der Waals surface area (Å²) in [5.41, 5.74) is 4.97. The number of hydrogen-bond acceptors (Lipinski definition) is 4. The van der Waals surface area contributed by atoms with E-state index in [4.69, 9.17) is 10.9 Å². The molecule has 0 spiro atoms. The fourth-order valence-corrected chi connectivity index (χ4v) is 1.88. The van der Waals surface area contributed by atoms with Gasteiger partial charge in [0.25, 0.3) is 0 Å². The second kappa shape index (κ2) is 4.48. The number of carbonyl (C=O) groups is 1. The second-order valence-corrected chi connectivity index (χ2v) is 4.05. The Kier molecular flexibility index (Phi) is 3.52. The highest BCUT2D eigenvalue weighted by Crippen LogP contribution is 2.21. The van der Waals surface area contributed by atoms with Crippen LogP contribution >= 0.6 is 0 Å². The number of carbonyl (C=O) groups excluding carboxylic acids is 1. The molecule has 6 heteroatoms. The molecule has 0 aromatic carbocycles. The molecule has 86 valence electrons. The lowest BCUT2D eigenvalue weighted by atomic mass is 9.86. The summed E-state index contributed by atoms with van der Waals surface area (Å²) in [4.78, 5) is 13.2. The number of likely N-dealkylation sites (tertiary alicyclic amines) is 1. The number of hydrogen-bond donors (Lipinski definition) is 3. The van der Waals surface area contributed by atoms with Gasteiger partial charge in [-0.1, -0.05) is 5.16 Å². The van der Waals surface area contributed by atoms with Crippen molar-refractivity contribution in [2.24, 2.45) is 10.9 Å². The third kappa shape index (κ3) is 2.59. The Morgan fingerprint density at radius 2 is 2.07 bits per heavy atom. The lowest BCUT2D eigenvalue weighted by Gasteiger charge is -2.39. The SMILES string of the molecule is CC(=O)NC1(/C(N)=N/O)CCN(C)CC1. The maximum absolute atomic E-state index is 11.1. The first-order valence-corrected chi connectivity index (χ1v) is 4.95. The zero-order chi connectivity index (χ0) is 11.5. The zero-order valence-corrected chi connectivity index (χ0v) is 9.16. The predicted molar refractivity (Wildman–Crippen MR) is 56.7 cm³/mol. The molecule has 1 rings (SSSR count). The van der Waals surface area contributed by atoms with Crippen LogP contribution in [0.5, 0.6) is 0 Å². The van der Waals surface area contributed by atoms with Crippen molar-refractivity contribution in [3.05, 3.63) is 0 Å². The Morgan fingerprint density at radius 3 is 2.47 bits per heavy atom. The van der Waals surface area contributed by atoms with Gasteiger partial charge < -0.3 is 21.2 Å². The number of piperidine rings is 1. The number of oxime groups is 1. The smallest absolute Gasteiger partial charge is 0.217 e. The van der Waals surface area contributed by atoms with Crippen molar-refractivity contribution < 1.29 is 10.0 Å². The van der Waals surface area contributed by atoms with E-state index in [1.54, 1.807) is 0 Å². The van der Waals surface area contributed by atoms with E-state index in [2.05, 4.69) is 15.4 Å². The van der Waals surface area contributed by atoms with E-state index < -0.39 is 5.54 Å². The standard InChI is InChI=1S/C9H18N4O2/c1-7(14)11-9(8(10)12-15)3-5-13(2)6-4-9/h15H,3-6H2,1-2H3,(H2,10,12)(H,11,14). The van der Waals surface area contributed by atoms with E-state index in [1.807, 2.05) is 7.05 Å². The molecule has 0 aromatic heterocycles. The minimum Gasteiger partial charge on any atom is -0.409 e. The van der Waals surface area contributed by atoms with Gasteiger partial charge in [-0.25, -0.2) is 0 Å². The van der Waals surface area contributed by atoms with Crippen LogP contribution in [-0.2, 0) is 4.79 Å². The lowest BCUT2D eigenvalue weighted by Crippen LogP contribution is -2.61. The normalized spacial score (nSPS) is 22.4. The van der Waals surface area contributed by atoms with Crippen molar-refractivity contribution in [1.82, 2.24) is 10.2 Å². The Bertz CT molecular complexity index is 269. The molecule has 1 amide bonds. The van der Waals surface area contributed by atoms with Crippen LogP contribution in [0.25, 0.3) is 0 Å². The van der Waals surface area contributed by atoms with Crippen molar-refractivity contribution in [1.29, 1.82) is 0 Å². The molecule has 1 fully saturated rings. The van der Waals surface area contributed by atoms with E-state index >= 15 is 0 Å². The molecule has 1 saturated heterocycles. The van der Waals surface area contributed by atoms with Gasteiger partial charge in [-0.3, -0.25) is 4.79 Å². The topological polar surface area (TPSA) is 91.0 Å². The summed E-state index contributed by atoms with van der Waals surface area (Å²) in [5.74, 6) is -0.0723. The van der Waals surface area contributed by atoms with Gasteiger partial charge in [0.2, 0.25) is 5.91 Å². The lowest BCUT2D eigenvalue weighted by molar-refractivity contribution is -0.120. The van der Waals surface area contributed by atoms with E-state index in [0.29, 0.717) is 12.8 Å². The number of nitrogens with zero attached hydrogens (tertiary/aromatic N) is 2. The van der Waals surface area contributed by atoms with E-state index in [-0.39, 0.29) is 11.7 Å². The van der Waals surface area contributed by atoms with Crippen LogP contribution in [0.4, 0.5) is 0 Å². The third-order valence-electron chi connectivity index (χ3n) is 2.85. The molecule has 1 aliphatic rings. The third-order valence-corrected chi connectivity index (χ3v) is 2.85. The summed E-state index contributed by atoms with van der Waals surface area (Å²) in [6.45, 7) is 3.07. The van der Waals surface area contributed by atoms with Crippen molar-refractivity contribution in [3.8, 4) is 0 Å². The van der Waals surface area contributed by atoms with Crippen LogP contribution in [0.2, 0.25) is 0 Å². The van der Waals surface area contributed by atoms with E-state index in [9.17, 15) is 4.79 Å². The summed E-state index contributed by atoms with van der Waals surface area (Å²) in [6.07, 6.45) is 1.33. The van der Waals surface area contributed by atoms with Gasteiger partial charge >= 0.3 is 0 Å². The first-order chi connectivity index (χ1) is 7.00. The highest BCUT2D eigenvalue weighted by molar-refractivity contribution is 5.93. The Morgan fingerprint density at radius 1 is 1.53 bits per heavy atom. The number of amides is 1. The van der Waals surface area contributed by atoms with Crippen LogP contribution in [0, 0.1) is 0 Å². The summed E-state index contributed by atoms with van der Waals surface area (Å²) in [7, 11) is 2.00. The predicted octanol–water partition coefficient (Wildman–Crippen LogP) is -0.667. The molecular weight excluding hydrogens is 196 g/mol. The molecule has 15 heavy (non-hydrogen) atoms. The minimum atomic E-state index is -0.674. The average Bonchev–Trinajstić information content (AvgIpc) is 2.20. The van der Waals surface area contributed by atoms with Crippen LogP contribution in [0.3, 0.4) is 0 Å². The van der Waals surface area contributed by atoms with Gasteiger partial charge in [0.15, 0.2) is 5.84 Å². The number of nitrogens with two attached hydrogens (primary N) is 1. The molecule has 0 aliphatic carbocycles. The Labute approximate surface area is 89.1 Å². The van der Waals surface area contributed by atoms with Crippen LogP contribution in [0.15, 0.2) is 5.16 Å². The summed E-state index contributed by atoms with van der Waals surface area (Å²) < 4.78 is 0. The summed E-state index contributed by atoms with van der Waals surface area (Å²) >= 11 is 0. The monoisotopic (exact) mass is 214 g/mol. The largest absolute Gasteiger partial charge is 0.409 e. The molecular formula is C9H18N4O2. The van der Waals surface area contributed by atoms with Crippen molar-refractivity contribution in [2.75, 3.05) is 20.1 Å². The molecule has 0 radical (unpaired) electrons. The van der Waals surface area contributed by atoms with Gasteiger partial charge in [-0.2, -0.15) is 0 Å². The highest BCUT2D eigenvalue weighted by atomic mass is 16.4. The Hall–Kier alpha value is -1.30. The van der Waals surface area contributed by atoms with E-state index in [0.717, 1.165) is 13.1 Å². The van der Waals surface area contributed by atoms with Crippen LogP contribution < -0.4 is 11.1 Å².